The van der Waals surface area contributed by atoms with Crippen LogP contribution in [-0.2, 0) is 0 Å². The topological polar surface area (TPSA) is 54.0 Å². The molecule has 0 aromatic carbocycles. The van der Waals surface area contributed by atoms with Crippen molar-refractivity contribution in [1.29, 1.82) is 0 Å². The van der Waals surface area contributed by atoms with E-state index in [2.05, 4.69) is 15.6 Å². The molecule has 4 nitrogen and oxygen atoms in total. The number of hydrogen-bond acceptors (Lipinski definition) is 4. The van der Waals surface area contributed by atoms with Gasteiger partial charge in [0.2, 0.25) is 0 Å². The second kappa shape index (κ2) is 4.28. The maximum Gasteiger partial charge on any atom is 0.253 e. The van der Waals surface area contributed by atoms with E-state index in [0.717, 1.165) is 23.2 Å². The molecule has 3 atom stereocenters. The molecule has 2 fully saturated rings. The van der Waals surface area contributed by atoms with Crippen molar-refractivity contribution in [2.75, 3.05) is 6.54 Å². The molecule has 4 rings (SSSR count). The first kappa shape index (κ1) is 11.4. The molecule has 0 spiro atoms. The molecular formula is C14H15N3OS. The van der Waals surface area contributed by atoms with Gasteiger partial charge in [-0.1, -0.05) is 0 Å². The van der Waals surface area contributed by atoms with Crippen LogP contribution in [0.1, 0.15) is 23.2 Å². The number of piperidine rings is 1. The van der Waals surface area contributed by atoms with Gasteiger partial charge in [-0.25, -0.2) is 4.98 Å². The molecule has 5 heteroatoms. The van der Waals surface area contributed by atoms with Crippen LogP contribution >= 0.6 is 11.3 Å². The summed E-state index contributed by atoms with van der Waals surface area (Å²) in [7, 11) is 0. The molecule has 1 saturated heterocycles. The van der Waals surface area contributed by atoms with E-state index in [0.29, 0.717) is 23.6 Å². The Labute approximate surface area is 115 Å². The average molecular weight is 273 g/mol. The zero-order valence-corrected chi connectivity index (χ0v) is 11.2. The van der Waals surface area contributed by atoms with Crippen LogP contribution in [0.2, 0.25) is 0 Å². The predicted octanol–water partition coefficient (Wildman–Crippen LogP) is 1.78. The zero-order valence-electron chi connectivity index (χ0n) is 10.4. The number of rotatable bonds is 2. The Bertz CT molecular complexity index is 638. The minimum Gasteiger partial charge on any atom is -0.349 e. The van der Waals surface area contributed by atoms with Gasteiger partial charge in [-0.05, 0) is 36.3 Å². The zero-order chi connectivity index (χ0) is 12.8. The van der Waals surface area contributed by atoms with Gasteiger partial charge >= 0.3 is 0 Å². The average Bonchev–Trinajstić information content (AvgIpc) is 3.13. The van der Waals surface area contributed by atoms with Crippen LogP contribution in [0.5, 0.6) is 0 Å². The minimum absolute atomic E-state index is 0.0122. The summed E-state index contributed by atoms with van der Waals surface area (Å²) >= 11 is 1.60. The summed E-state index contributed by atoms with van der Waals surface area (Å²) < 4.78 is 0. The summed E-state index contributed by atoms with van der Waals surface area (Å²) in [5, 5.41) is 9.67. The van der Waals surface area contributed by atoms with Crippen LogP contribution in [0.15, 0.2) is 23.7 Å². The maximum absolute atomic E-state index is 12.3. The summed E-state index contributed by atoms with van der Waals surface area (Å²) in [6.45, 7) is 1.04. The Morgan fingerprint density at radius 3 is 3.21 bits per heavy atom. The van der Waals surface area contributed by atoms with E-state index >= 15 is 0 Å². The molecule has 2 N–H and O–H groups in total. The number of aromatic nitrogens is 1. The van der Waals surface area contributed by atoms with E-state index in [4.69, 9.17) is 0 Å². The monoisotopic (exact) mass is 273 g/mol. The molecule has 2 bridgehead atoms. The molecule has 2 aromatic heterocycles. The van der Waals surface area contributed by atoms with Crippen LogP contribution in [-0.4, -0.2) is 29.5 Å². The largest absolute Gasteiger partial charge is 0.349 e. The number of carbonyl (C=O) groups excluding carboxylic acids is 1. The van der Waals surface area contributed by atoms with Crippen molar-refractivity contribution < 1.29 is 4.79 Å². The molecule has 3 unspecified atom stereocenters. The van der Waals surface area contributed by atoms with Crippen molar-refractivity contribution in [3.63, 3.8) is 0 Å². The maximum atomic E-state index is 12.3. The van der Waals surface area contributed by atoms with Crippen molar-refractivity contribution in [2.45, 2.75) is 24.9 Å². The van der Waals surface area contributed by atoms with Crippen molar-refractivity contribution in [2.24, 2.45) is 5.92 Å². The van der Waals surface area contributed by atoms with Gasteiger partial charge in [0.15, 0.2) is 0 Å². The minimum atomic E-state index is 0.0122. The second-order valence-corrected chi connectivity index (χ2v) is 6.35. The van der Waals surface area contributed by atoms with Gasteiger partial charge in [0.05, 0.1) is 5.56 Å². The summed E-state index contributed by atoms with van der Waals surface area (Å²) in [5.41, 5.74) is 0.668. The number of hydrogen-bond donors (Lipinski definition) is 2. The molecule has 19 heavy (non-hydrogen) atoms. The molecule has 1 aliphatic heterocycles. The quantitative estimate of drug-likeness (QED) is 0.877. The Morgan fingerprint density at radius 2 is 2.42 bits per heavy atom. The number of fused-ring (bicyclic) bond motifs is 3. The van der Waals surface area contributed by atoms with Gasteiger partial charge in [0, 0.05) is 30.2 Å². The highest BCUT2D eigenvalue weighted by molar-refractivity contribution is 7.16. The van der Waals surface area contributed by atoms with E-state index in [9.17, 15) is 4.79 Å². The Kier molecular flexibility index (Phi) is 2.56. The first-order valence-electron chi connectivity index (χ1n) is 6.67. The number of nitrogens with zero attached hydrogens (tertiary/aromatic N) is 1. The van der Waals surface area contributed by atoms with Crippen LogP contribution < -0.4 is 10.6 Å². The predicted molar refractivity (Wildman–Crippen MR) is 75.4 cm³/mol. The SMILES string of the molecule is O=C(NC1CC2CC1CN2)c1cnc2sccc2c1. The van der Waals surface area contributed by atoms with Crippen LogP contribution in [0.4, 0.5) is 0 Å². The number of nitrogens with one attached hydrogen (secondary N) is 2. The first-order chi connectivity index (χ1) is 9.29. The molecule has 3 heterocycles. The lowest BCUT2D eigenvalue weighted by molar-refractivity contribution is 0.0925. The van der Waals surface area contributed by atoms with Crippen molar-refractivity contribution in [3.05, 3.63) is 29.3 Å². The smallest absolute Gasteiger partial charge is 0.253 e. The van der Waals surface area contributed by atoms with Gasteiger partial charge in [0.1, 0.15) is 4.83 Å². The van der Waals surface area contributed by atoms with Crippen LogP contribution in [0.25, 0.3) is 10.2 Å². The summed E-state index contributed by atoms with van der Waals surface area (Å²) in [6, 6.07) is 4.87. The molecule has 1 saturated carbocycles. The molecular weight excluding hydrogens is 258 g/mol. The lowest BCUT2D eigenvalue weighted by Crippen LogP contribution is -2.44. The summed E-state index contributed by atoms with van der Waals surface area (Å²) in [5.74, 6) is 0.616. The van der Waals surface area contributed by atoms with E-state index in [1.807, 2.05) is 17.5 Å². The Balaban J connectivity index is 1.53. The third kappa shape index (κ3) is 1.93. The number of carbonyl (C=O) groups is 1. The van der Waals surface area contributed by atoms with Gasteiger partial charge in [-0.2, -0.15) is 0 Å². The third-order valence-corrected chi connectivity index (χ3v) is 5.08. The molecule has 98 valence electrons. The molecule has 0 radical (unpaired) electrons. The highest BCUT2D eigenvalue weighted by atomic mass is 32.1. The molecule has 2 aliphatic rings. The van der Waals surface area contributed by atoms with Crippen molar-refractivity contribution in [3.8, 4) is 0 Å². The van der Waals surface area contributed by atoms with Gasteiger partial charge in [0.25, 0.3) is 5.91 Å². The number of pyridine rings is 1. The van der Waals surface area contributed by atoms with Gasteiger partial charge < -0.3 is 10.6 Å². The Hall–Kier alpha value is -1.46. The lowest BCUT2D eigenvalue weighted by Gasteiger charge is -2.23. The second-order valence-electron chi connectivity index (χ2n) is 5.46. The number of amides is 1. The summed E-state index contributed by atoms with van der Waals surface area (Å²) in [4.78, 5) is 17.6. The summed E-state index contributed by atoms with van der Waals surface area (Å²) in [6.07, 6.45) is 3.94. The molecule has 1 amide bonds. The lowest BCUT2D eigenvalue weighted by atomic mass is 10.0. The van der Waals surface area contributed by atoms with Crippen LogP contribution in [0, 0.1) is 5.92 Å². The standard InChI is InChI=1S/C14H15N3OS/c18-13(17-12-5-11-4-9(12)6-15-11)10-3-8-1-2-19-14(8)16-7-10/h1-3,7,9,11-12,15H,4-6H2,(H,17,18). The highest BCUT2D eigenvalue weighted by Gasteiger charge is 2.40. The fourth-order valence-electron chi connectivity index (χ4n) is 3.25. The van der Waals surface area contributed by atoms with Crippen LogP contribution in [0.3, 0.4) is 0 Å². The highest BCUT2D eigenvalue weighted by Crippen LogP contribution is 2.31. The Morgan fingerprint density at radius 1 is 1.47 bits per heavy atom. The normalized spacial score (nSPS) is 28.9. The van der Waals surface area contributed by atoms with Gasteiger partial charge in [-0.3, -0.25) is 4.79 Å². The molecule has 1 aliphatic carbocycles. The van der Waals surface area contributed by atoms with E-state index in [1.165, 1.54) is 6.42 Å². The fraction of sp³-hybridized carbons (Fsp3) is 0.429. The van der Waals surface area contributed by atoms with E-state index in [1.54, 1.807) is 17.5 Å². The first-order valence-corrected chi connectivity index (χ1v) is 7.55. The van der Waals surface area contributed by atoms with E-state index in [-0.39, 0.29) is 5.91 Å². The fourth-order valence-corrected chi connectivity index (χ4v) is 3.97. The number of thiophene rings is 1. The third-order valence-electron chi connectivity index (χ3n) is 4.25. The van der Waals surface area contributed by atoms with Crippen molar-refractivity contribution in [1.82, 2.24) is 15.6 Å². The van der Waals surface area contributed by atoms with Gasteiger partial charge in [-0.15, -0.1) is 11.3 Å². The molecule has 2 aromatic rings. The van der Waals surface area contributed by atoms with E-state index < -0.39 is 0 Å². The van der Waals surface area contributed by atoms with Crippen molar-refractivity contribution >= 4 is 27.5 Å².